The Morgan fingerprint density at radius 1 is 1.43 bits per heavy atom. The Balaban J connectivity index is 1.61. The number of nitrogens with one attached hydrogen (secondary N) is 2. The number of piperidine rings is 1. The molecule has 2 N–H and O–H groups in total. The third kappa shape index (κ3) is 3.31. The first-order chi connectivity index (χ1) is 10.2. The van der Waals surface area contributed by atoms with E-state index >= 15 is 0 Å². The van der Waals surface area contributed by atoms with E-state index in [1.807, 2.05) is 4.90 Å². The Labute approximate surface area is 126 Å². The largest absolute Gasteiger partial charge is 0.385 e. The minimum atomic E-state index is 0.0787. The first-order valence-corrected chi connectivity index (χ1v) is 8.11. The molecule has 0 aliphatic carbocycles. The molecular weight excluding hydrogens is 262 g/mol. The van der Waals surface area contributed by atoms with Crippen molar-refractivity contribution in [2.24, 2.45) is 5.92 Å². The van der Waals surface area contributed by atoms with Crippen LogP contribution in [0.3, 0.4) is 0 Å². The van der Waals surface area contributed by atoms with Crippen molar-refractivity contribution in [1.29, 1.82) is 0 Å². The number of nitrogens with zero attached hydrogens (tertiary/aromatic N) is 1. The lowest BCUT2D eigenvalue weighted by atomic mass is 9.99. The van der Waals surface area contributed by atoms with E-state index in [-0.39, 0.29) is 6.03 Å². The van der Waals surface area contributed by atoms with Gasteiger partial charge in [0.1, 0.15) is 0 Å². The van der Waals surface area contributed by atoms with E-state index in [4.69, 9.17) is 0 Å². The molecule has 1 unspecified atom stereocenters. The van der Waals surface area contributed by atoms with Crippen LogP contribution in [-0.2, 0) is 13.0 Å². The van der Waals surface area contributed by atoms with Crippen LogP contribution in [0.25, 0.3) is 0 Å². The molecule has 2 aliphatic rings. The number of amides is 2. The molecule has 114 valence electrons. The van der Waals surface area contributed by atoms with Crippen molar-refractivity contribution < 1.29 is 4.79 Å². The number of hydrogen-bond acceptors (Lipinski definition) is 2. The summed E-state index contributed by atoms with van der Waals surface area (Å²) in [7, 11) is 0. The van der Waals surface area contributed by atoms with Gasteiger partial charge in [-0.05, 0) is 42.7 Å². The number of aryl methyl sites for hydroxylation is 1. The van der Waals surface area contributed by atoms with Crippen LogP contribution < -0.4 is 10.6 Å². The van der Waals surface area contributed by atoms with E-state index in [2.05, 4.69) is 35.8 Å². The highest BCUT2D eigenvalue weighted by Crippen LogP contribution is 2.26. The van der Waals surface area contributed by atoms with Gasteiger partial charge < -0.3 is 15.5 Å². The molecule has 4 nitrogen and oxygen atoms in total. The van der Waals surface area contributed by atoms with Crippen molar-refractivity contribution in [2.75, 3.05) is 25.0 Å². The number of carbonyl (C=O) groups is 1. The van der Waals surface area contributed by atoms with Crippen molar-refractivity contribution in [3.05, 3.63) is 29.3 Å². The van der Waals surface area contributed by atoms with Crippen LogP contribution in [0.15, 0.2) is 18.2 Å². The summed E-state index contributed by atoms with van der Waals surface area (Å²) >= 11 is 0. The predicted molar refractivity (Wildman–Crippen MR) is 85.5 cm³/mol. The lowest BCUT2D eigenvalue weighted by molar-refractivity contribution is 0.169. The van der Waals surface area contributed by atoms with Crippen LogP contribution in [0.1, 0.15) is 37.3 Å². The van der Waals surface area contributed by atoms with Crippen LogP contribution in [0.4, 0.5) is 10.5 Å². The van der Waals surface area contributed by atoms with Gasteiger partial charge in [-0.2, -0.15) is 0 Å². The van der Waals surface area contributed by atoms with E-state index < -0.39 is 0 Å². The first kappa shape index (κ1) is 14.2. The summed E-state index contributed by atoms with van der Waals surface area (Å²) in [6.07, 6.45) is 4.68. The van der Waals surface area contributed by atoms with Crippen molar-refractivity contribution in [2.45, 2.75) is 39.2 Å². The molecule has 1 aromatic carbocycles. The summed E-state index contributed by atoms with van der Waals surface area (Å²) in [5.74, 6) is 0.621. The molecule has 4 heteroatoms. The Hall–Kier alpha value is -1.71. The minimum Gasteiger partial charge on any atom is -0.385 e. The Bertz CT molecular complexity index is 515. The SMILES string of the molecule is CC1CCCN(C(=O)NCc2cccc3c2NCCC3)C1. The number of fused-ring (bicyclic) bond motifs is 1. The maximum Gasteiger partial charge on any atom is 0.317 e. The number of rotatable bonds is 2. The second-order valence-electron chi connectivity index (χ2n) is 6.33. The van der Waals surface area contributed by atoms with Crippen LogP contribution in [0.5, 0.6) is 0 Å². The molecule has 21 heavy (non-hydrogen) atoms. The van der Waals surface area contributed by atoms with Gasteiger partial charge in [0.05, 0.1) is 0 Å². The molecule has 0 spiro atoms. The van der Waals surface area contributed by atoms with Crippen molar-refractivity contribution >= 4 is 11.7 Å². The van der Waals surface area contributed by atoms with E-state index in [9.17, 15) is 4.79 Å². The van der Waals surface area contributed by atoms with E-state index in [1.165, 1.54) is 29.7 Å². The van der Waals surface area contributed by atoms with Gasteiger partial charge in [-0.25, -0.2) is 4.79 Å². The van der Waals surface area contributed by atoms with Crippen molar-refractivity contribution in [3.63, 3.8) is 0 Å². The Morgan fingerprint density at radius 3 is 3.19 bits per heavy atom. The average molecular weight is 287 g/mol. The zero-order valence-electron chi connectivity index (χ0n) is 12.8. The van der Waals surface area contributed by atoms with E-state index in [0.717, 1.165) is 32.5 Å². The van der Waals surface area contributed by atoms with E-state index in [0.29, 0.717) is 12.5 Å². The maximum atomic E-state index is 12.3. The molecule has 1 aromatic rings. The van der Waals surface area contributed by atoms with Gasteiger partial charge in [0.25, 0.3) is 0 Å². The molecule has 2 heterocycles. The van der Waals surface area contributed by atoms with Gasteiger partial charge in [0.15, 0.2) is 0 Å². The quantitative estimate of drug-likeness (QED) is 0.878. The molecule has 2 amide bonds. The number of para-hydroxylation sites is 1. The molecule has 0 bridgehead atoms. The molecule has 0 saturated carbocycles. The molecule has 1 fully saturated rings. The van der Waals surface area contributed by atoms with Gasteiger partial charge >= 0.3 is 6.03 Å². The summed E-state index contributed by atoms with van der Waals surface area (Å²) in [6, 6.07) is 6.46. The molecular formula is C17H25N3O. The summed E-state index contributed by atoms with van der Waals surface area (Å²) < 4.78 is 0. The highest BCUT2D eigenvalue weighted by Gasteiger charge is 2.21. The van der Waals surface area contributed by atoms with Gasteiger partial charge in [-0.15, -0.1) is 0 Å². The Morgan fingerprint density at radius 2 is 2.33 bits per heavy atom. The molecule has 1 atom stereocenters. The zero-order chi connectivity index (χ0) is 14.7. The monoisotopic (exact) mass is 287 g/mol. The number of urea groups is 1. The molecule has 0 radical (unpaired) electrons. The van der Waals surface area contributed by atoms with Crippen LogP contribution in [0.2, 0.25) is 0 Å². The van der Waals surface area contributed by atoms with Gasteiger partial charge in [0.2, 0.25) is 0 Å². The third-order valence-corrected chi connectivity index (χ3v) is 4.54. The fourth-order valence-electron chi connectivity index (χ4n) is 3.38. The topological polar surface area (TPSA) is 44.4 Å². The lowest BCUT2D eigenvalue weighted by Crippen LogP contribution is -2.44. The van der Waals surface area contributed by atoms with Gasteiger partial charge in [0, 0.05) is 31.9 Å². The molecule has 0 aromatic heterocycles. The van der Waals surface area contributed by atoms with Crippen molar-refractivity contribution in [1.82, 2.24) is 10.2 Å². The van der Waals surface area contributed by atoms with Gasteiger partial charge in [-0.1, -0.05) is 25.1 Å². The van der Waals surface area contributed by atoms with Crippen LogP contribution in [-0.4, -0.2) is 30.6 Å². The first-order valence-electron chi connectivity index (χ1n) is 8.11. The number of carbonyl (C=O) groups excluding carboxylic acids is 1. The summed E-state index contributed by atoms with van der Waals surface area (Å²) in [5, 5.41) is 6.56. The summed E-state index contributed by atoms with van der Waals surface area (Å²) in [5.41, 5.74) is 3.81. The predicted octanol–water partition coefficient (Wildman–Crippen LogP) is 2.99. The molecule has 2 aliphatic heterocycles. The Kier molecular flexibility index (Phi) is 4.32. The third-order valence-electron chi connectivity index (χ3n) is 4.54. The fraction of sp³-hybridized carbons (Fsp3) is 0.588. The van der Waals surface area contributed by atoms with E-state index in [1.54, 1.807) is 0 Å². The second-order valence-corrected chi connectivity index (χ2v) is 6.33. The smallest absolute Gasteiger partial charge is 0.317 e. The summed E-state index contributed by atoms with van der Waals surface area (Å²) in [4.78, 5) is 14.2. The number of benzene rings is 1. The average Bonchev–Trinajstić information content (AvgIpc) is 2.52. The number of anilines is 1. The van der Waals surface area contributed by atoms with Crippen LogP contribution in [0, 0.1) is 5.92 Å². The second kappa shape index (κ2) is 6.37. The highest BCUT2D eigenvalue weighted by atomic mass is 16.2. The maximum absolute atomic E-state index is 12.3. The van der Waals surface area contributed by atoms with Crippen LogP contribution >= 0.6 is 0 Å². The van der Waals surface area contributed by atoms with Crippen molar-refractivity contribution in [3.8, 4) is 0 Å². The molecule has 1 saturated heterocycles. The lowest BCUT2D eigenvalue weighted by Gasteiger charge is -2.31. The normalized spacial score (nSPS) is 21.4. The summed E-state index contributed by atoms with van der Waals surface area (Å²) in [6.45, 7) is 5.64. The standard InChI is InChI=1S/C17H25N3O/c1-13-5-4-10-20(12-13)17(21)19-11-15-7-2-6-14-8-3-9-18-16(14)15/h2,6-7,13,18H,3-5,8-12H2,1H3,(H,19,21). The zero-order valence-corrected chi connectivity index (χ0v) is 12.8. The van der Waals surface area contributed by atoms with Gasteiger partial charge in [-0.3, -0.25) is 0 Å². The minimum absolute atomic E-state index is 0.0787. The number of hydrogen-bond donors (Lipinski definition) is 2. The fourth-order valence-corrected chi connectivity index (χ4v) is 3.38. The highest BCUT2D eigenvalue weighted by molar-refractivity contribution is 5.74. The molecule has 3 rings (SSSR count). The number of likely N-dealkylation sites (tertiary alicyclic amines) is 1.